The third kappa shape index (κ3) is 4.22. The fourth-order valence-corrected chi connectivity index (χ4v) is 3.74. The Labute approximate surface area is 197 Å². The van der Waals surface area contributed by atoms with Crippen molar-refractivity contribution in [1.29, 1.82) is 0 Å². The highest BCUT2D eigenvalue weighted by atomic mass is 16.5. The summed E-state index contributed by atoms with van der Waals surface area (Å²) in [5.41, 5.74) is 4.20. The number of aromatic nitrogens is 1. The number of hydrogen-bond acceptors (Lipinski definition) is 7. The number of carbonyl (C=O) groups is 1. The van der Waals surface area contributed by atoms with E-state index in [1.807, 2.05) is 18.2 Å². The number of hydrogen-bond donors (Lipinski definition) is 2. The second-order valence-electron chi connectivity index (χ2n) is 7.73. The number of rotatable bonds is 7. The third-order valence-electron chi connectivity index (χ3n) is 5.58. The quantitative estimate of drug-likeness (QED) is 0.357. The lowest BCUT2D eigenvalue weighted by Crippen LogP contribution is -2.13. The van der Waals surface area contributed by atoms with E-state index < -0.39 is 0 Å². The summed E-state index contributed by atoms with van der Waals surface area (Å²) in [4.78, 5) is 17.6. The molecule has 1 aromatic heterocycles. The number of aromatic hydroxyl groups is 1. The van der Waals surface area contributed by atoms with Gasteiger partial charge < -0.3 is 29.1 Å². The fraction of sp³-hybridized carbons (Fsp3) is 0.231. The number of fused-ring (bicyclic) bond motifs is 1. The minimum Gasteiger partial charge on any atom is -0.507 e. The van der Waals surface area contributed by atoms with Crippen molar-refractivity contribution >= 4 is 22.7 Å². The summed E-state index contributed by atoms with van der Waals surface area (Å²) in [5, 5.41) is 13.5. The van der Waals surface area contributed by atoms with Crippen molar-refractivity contribution in [3.8, 4) is 34.5 Å². The number of methoxy groups -OCH3 is 3. The minimum absolute atomic E-state index is 0.0352. The van der Waals surface area contributed by atoms with Crippen molar-refractivity contribution in [2.75, 3.05) is 26.6 Å². The average Bonchev–Trinajstić information content (AvgIpc) is 3.27. The number of nitrogens with one attached hydrogen (secondary N) is 1. The van der Waals surface area contributed by atoms with E-state index in [0.29, 0.717) is 50.7 Å². The maximum absolute atomic E-state index is 13.0. The lowest BCUT2D eigenvalue weighted by Gasteiger charge is -2.14. The molecular weight excluding hydrogens is 436 g/mol. The lowest BCUT2D eigenvalue weighted by molar-refractivity contribution is 0.102. The topological polar surface area (TPSA) is 103 Å². The number of ether oxygens (including phenoxy) is 3. The summed E-state index contributed by atoms with van der Waals surface area (Å²) in [7, 11) is 4.47. The second kappa shape index (κ2) is 9.35. The summed E-state index contributed by atoms with van der Waals surface area (Å²) >= 11 is 0. The van der Waals surface area contributed by atoms with Crippen LogP contribution in [0.2, 0.25) is 0 Å². The van der Waals surface area contributed by atoms with Gasteiger partial charge in [0, 0.05) is 11.3 Å². The minimum atomic E-state index is -0.388. The Kier molecular flexibility index (Phi) is 6.32. The number of oxazole rings is 1. The molecule has 0 unspecified atom stereocenters. The smallest absolute Gasteiger partial charge is 0.255 e. The van der Waals surface area contributed by atoms with Crippen molar-refractivity contribution in [2.45, 2.75) is 20.3 Å². The average molecular weight is 463 g/mol. The molecule has 0 aliphatic heterocycles. The van der Waals surface area contributed by atoms with Gasteiger partial charge in [-0.2, -0.15) is 0 Å². The van der Waals surface area contributed by atoms with E-state index >= 15 is 0 Å². The van der Waals surface area contributed by atoms with Crippen LogP contribution in [0.1, 0.15) is 28.4 Å². The van der Waals surface area contributed by atoms with Gasteiger partial charge in [0.1, 0.15) is 11.3 Å². The first-order valence-electron chi connectivity index (χ1n) is 10.7. The molecule has 0 radical (unpaired) electrons. The normalized spacial score (nSPS) is 10.9. The number of phenolic OH excluding ortho intramolecular Hbond substituents is 1. The lowest BCUT2D eigenvalue weighted by atomic mass is 10.1. The molecular formula is C26H26N2O6. The highest BCUT2D eigenvalue weighted by molar-refractivity contribution is 6.05. The van der Waals surface area contributed by atoms with E-state index in [4.69, 9.17) is 18.6 Å². The highest BCUT2D eigenvalue weighted by Crippen LogP contribution is 2.39. The van der Waals surface area contributed by atoms with Gasteiger partial charge in [-0.3, -0.25) is 4.79 Å². The predicted molar refractivity (Wildman–Crippen MR) is 129 cm³/mol. The van der Waals surface area contributed by atoms with Gasteiger partial charge in [-0.15, -0.1) is 0 Å². The van der Waals surface area contributed by atoms with Crippen LogP contribution in [0.5, 0.6) is 23.0 Å². The molecule has 176 valence electrons. The number of anilines is 1. The number of nitrogens with zero attached hydrogens (tertiary/aromatic N) is 1. The first kappa shape index (κ1) is 23.0. The molecule has 8 heteroatoms. The van der Waals surface area contributed by atoms with Gasteiger partial charge >= 0.3 is 0 Å². The number of benzene rings is 3. The monoisotopic (exact) mass is 462 g/mol. The summed E-state index contributed by atoms with van der Waals surface area (Å²) in [6.07, 6.45) is 0.880. The molecule has 0 bridgehead atoms. The number of amides is 1. The van der Waals surface area contributed by atoms with Crippen molar-refractivity contribution in [1.82, 2.24) is 4.98 Å². The van der Waals surface area contributed by atoms with Gasteiger partial charge in [0.05, 0.1) is 26.9 Å². The van der Waals surface area contributed by atoms with Crippen LogP contribution in [0.4, 0.5) is 5.69 Å². The molecule has 0 aliphatic carbocycles. The Bertz CT molecular complexity index is 1350. The predicted octanol–water partition coefficient (Wildman–Crippen LogP) is 5.35. The third-order valence-corrected chi connectivity index (χ3v) is 5.58. The van der Waals surface area contributed by atoms with Crippen LogP contribution >= 0.6 is 0 Å². The van der Waals surface area contributed by atoms with Crippen LogP contribution in [0, 0.1) is 6.92 Å². The van der Waals surface area contributed by atoms with Crippen molar-refractivity contribution in [2.24, 2.45) is 0 Å². The molecule has 0 atom stereocenters. The van der Waals surface area contributed by atoms with Crippen LogP contribution in [0.25, 0.3) is 22.6 Å². The Morgan fingerprint density at radius 3 is 2.35 bits per heavy atom. The molecule has 3 aromatic carbocycles. The Hall–Kier alpha value is -4.20. The largest absolute Gasteiger partial charge is 0.507 e. The molecule has 0 aliphatic rings. The van der Waals surface area contributed by atoms with Crippen LogP contribution in [0.15, 0.2) is 46.9 Å². The van der Waals surface area contributed by atoms with Gasteiger partial charge in [0.2, 0.25) is 11.6 Å². The zero-order chi connectivity index (χ0) is 24.4. The Morgan fingerprint density at radius 1 is 1.03 bits per heavy atom. The molecule has 4 aromatic rings. The Morgan fingerprint density at radius 2 is 1.74 bits per heavy atom. The van der Waals surface area contributed by atoms with E-state index in [0.717, 1.165) is 12.0 Å². The maximum atomic E-state index is 13.0. The highest BCUT2D eigenvalue weighted by Gasteiger charge is 2.19. The van der Waals surface area contributed by atoms with Crippen molar-refractivity contribution in [3.63, 3.8) is 0 Å². The van der Waals surface area contributed by atoms with E-state index in [2.05, 4.69) is 17.2 Å². The molecule has 2 N–H and O–H groups in total. The van der Waals surface area contributed by atoms with Crippen LogP contribution in [0.3, 0.4) is 0 Å². The molecule has 0 saturated heterocycles. The number of aryl methyl sites for hydroxylation is 2. The van der Waals surface area contributed by atoms with Gasteiger partial charge in [-0.25, -0.2) is 4.98 Å². The molecule has 1 heterocycles. The fourth-order valence-electron chi connectivity index (χ4n) is 3.74. The summed E-state index contributed by atoms with van der Waals surface area (Å²) < 4.78 is 21.9. The van der Waals surface area contributed by atoms with Crippen molar-refractivity contribution < 1.29 is 28.5 Å². The first-order chi connectivity index (χ1) is 16.4. The zero-order valence-corrected chi connectivity index (χ0v) is 19.7. The SMILES string of the molecule is CCc1ccc2oc(-c3cc(NC(=O)c4cc(OC)c(OC)c(OC)c4)cc(C)c3O)nc2c1. The van der Waals surface area contributed by atoms with Crippen molar-refractivity contribution in [3.05, 3.63) is 59.2 Å². The summed E-state index contributed by atoms with van der Waals surface area (Å²) in [6, 6.07) is 12.2. The van der Waals surface area contributed by atoms with E-state index in [-0.39, 0.29) is 17.5 Å². The van der Waals surface area contributed by atoms with Gasteiger partial charge in [0.15, 0.2) is 17.1 Å². The molecule has 8 nitrogen and oxygen atoms in total. The molecule has 0 spiro atoms. The molecule has 1 amide bonds. The molecule has 0 fully saturated rings. The maximum Gasteiger partial charge on any atom is 0.255 e. The van der Waals surface area contributed by atoms with E-state index in [1.165, 1.54) is 21.3 Å². The first-order valence-corrected chi connectivity index (χ1v) is 10.7. The summed E-state index contributed by atoms with van der Waals surface area (Å²) in [6.45, 7) is 3.81. The van der Waals surface area contributed by atoms with E-state index in [1.54, 1.807) is 31.2 Å². The van der Waals surface area contributed by atoms with Gasteiger partial charge in [-0.05, 0) is 60.9 Å². The Balaban J connectivity index is 1.70. The van der Waals surface area contributed by atoms with E-state index in [9.17, 15) is 9.90 Å². The van der Waals surface area contributed by atoms with Gasteiger partial charge in [0.25, 0.3) is 5.91 Å². The molecule has 34 heavy (non-hydrogen) atoms. The standard InChI is InChI=1S/C26H26N2O6/c1-6-15-7-8-20-19(10-15)28-26(34-20)18-13-17(9-14(2)23(18)29)27-25(30)16-11-21(31-3)24(33-5)22(12-16)32-4/h7-13,29H,6H2,1-5H3,(H,27,30). The number of carbonyl (C=O) groups excluding carboxylic acids is 1. The van der Waals surface area contributed by atoms with Crippen LogP contribution in [-0.2, 0) is 6.42 Å². The van der Waals surface area contributed by atoms with Gasteiger partial charge in [-0.1, -0.05) is 13.0 Å². The van der Waals surface area contributed by atoms with Crippen LogP contribution < -0.4 is 19.5 Å². The molecule has 0 saturated carbocycles. The zero-order valence-electron chi connectivity index (χ0n) is 19.7. The van der Waals surface area contributed by atoms with Crippen LogP contribution in [-0.4, -0.2) is 37.3 Å². The molecule has 4 rings (SSSR count). The number of phenols is 1. The second-order valence-corrected chi connectivity index (χ2v) is 7.73. The summed E-state index contributed by atoms with van der Waals surface area (Å²) in [5.74, 6) is 1.05.